The number of aliphatic hydroxyl groups is 4. The van der Waals surface area contributed by atoms with E-state index in [1.54, 1.807) is 0 Å². The summed E-state index contributed by atoms with van der Waals surface area (Å²) in [5.41, 5.74) is -1.84. The van der Waals surface area contributed by atoms with Crippen LogP contribution in [0.5, 0.6) is 34.5 Å². The summed E-state index contributed by atoms with van der Waals surface area (Å²) in [5, 5.41) is 89.0. The molecule has 3 aromatic rings. The van der Waals surface area contributed by atoms with Crippen molar-refractivity contribution in [3.05, 3.63) is 34.5 Å². The fourth-order valence-corrected chi connectivity index (χ4v) is 3.56. The zero-order chi connectivity index (χ0) is 24.9. The number of aromatic hydroxyl groups is 5. The molecule has 1 aromatic heterocycles. The molecule has 182 valence electrons. The predicted molar refractivity (Wildman–Crippen MR) is 111 cm³/mol. The Balaban J connectivity index is 1.89. The van der Waals surface area contributed by atoms with E-state index in [0.717, 1.165) is 12.1 Å². The molecule has 2 aromatic carbocycles. The van der Waals surface area contributed by atoms with Crippen LogP contribution in [0.15, 0.2) is 33.5 Å². The molecule has 13 nitrogen and oxygen atoms in total. The predicted octanol–water partition coefficient (Wildman–Crippen LogP) is -0.833. The van der Waals surface area contributed by atoms with Crippen LogP contribution in [0.2, 0.25) is 0 Å². The standard InChI is InChI=1S/C21H20O13/c22-5-11-13(27)15(29)17(31)21(32-11)34-19-10(26)4-9(25)12-14(28)16(30)18(33-20(12)19)6-1-2-7(23)8(24)3-6/h1-4,11,13,15,17,21-27,29-31H,5H2/t11-,13+,15+,17+,21-/m0/s1. The van der Waals surface area contributed by atoms with E-state index >= 15 is 0 Å². The molecule has 5 atom stereocenters. The van der Waals surface area contributed by atoms with Gasteiger partial charge in [0.2, 0.25) is 23.2 Å². The van der Waals surface area contributed by atoms with Crippen LogP contribution in [0, 0.1) is 0 Å². The quantitative estimate of drug-likeness (QED) is 0.208. The molecule has 0 bridgehead atoms. The van der Waals surface area contributed by atoms with Crippen molar-refractivity contribution in [3.63, 3.8) is 0 Å². The lowest BCUT2D eigenvalue weighted by atomic mass is 9.99. The molecule has 2 heterocycles. The second kappa shape index (κ2) is 8.55. The number of ether oxygens (including phenoxy) is 2. The molecule has 0 amide bonds. The number of hydrogen-bond acceptors (Lipinski definition) is 13. The molecular formula is C21H20O13. The number of fused-ring (bicyclic) bond motifs is 1. The van der Waals surface area contributed by atoms with E-state index in [0.29, 0.717) is 6.07 Å². The Kier molecular flexibility index (Phi) is 5.89. The first-order valence-electron chi connectivity index (χ1n) is 9.79. The number of aliphatic hydroxyl groups excluding tert-OH is 4. The first-order chi connectivity index (χ1) is 16.0. The first kappa shape index (κ1) is 23.4. The average Bonchev–Trinajstić information content (AvgIpc) is 2.80. The van der Waals surface area contributed by atoms with Crippen LogP contribution in [0.1, 0.15) is 0 Å². The molecule has 34 heavy (non-hydrogen) atoms. The molecular weight excluding hydrogens is 460 g/mol. The summed E-state index contributed by atoms with van der Waals surface area (Å²) < 4.78 is 16.2. The molecule has 0 spiro atoms. The number of phenolic OH excluding ortho intramolecular Hbond substituents is 4. The maximum absolute atomic E-state index is 12.8. The van der Waals surface area contributed by atoms with Gasteiger partial charge in [-0.05, 0) is 18.2 Å². The largest absolute Gasteiger partial charge is 0.507 e. The van der Waals surface area contributed by atoms with Crippen molar-refractivity contribution in [1.82, 2.24) is 0 Å². The lowest BCUT2D eigenvalue weighted by molar-refractivity contribution is -0.277. The molecule has 0 saturated carbocycles. The number of rotatable bonds is 4. The van der Waals surface area contributed by atoms with Gasteiger partial charge in [0, 0.05) is 11.6 Å². The van der Waals surface area contributed by atoms with Crippen LogP contribution in [-0.4, -0.2) is 83.3 Å². The Morgan fingerprint density at radius 2 is 1.56 bits per heavy atom. The maximum Gasteiger partial charge on any atom is 0.238 e. The molecule has 4 rings (SSSR count). The molecule has 1 saturated heterocycles. The zero-order valence-electron chi connectivity index (χ0n) is 17.1. The molecule has 0 aliphatic carbocycles. The number of hydrogen-bond donors (Lipinski definition) is 9. The highest BCUT2D eigenvalue weighted by Gasteiger charge is 2.45. The SMILES string of the molecule is O=c1c(O)c(-c2ccc(O)c(O)c2)oc2c(O[C@@H]3O[C@@H](CO)[C@@H](O)[C@@H](O)[C@H]3O)c(O)cc(O)c12. The summed E-state index contributed by atoms with van der Waals surface area (Å²) in [6.45, 7) is -0.759. The van der Waals surface area contributed by atoms with E-state index in [1.165, 1.54) is 6.07 Å². The smallest absolute Gasteiger partial charge is 0.238 e. The molecule has 0 radical (unpaired) electrons. The molecule has 1 aliphatic heterocycles. The Morgan fingerprint density at radius 3 is 2.21 bits per heavy atom. The second-order valence-electron chi connectivity index (χ2n) is 7.58. The van der Waals surface area contributed by atoms with Crippen LogP contribution in [0.25, 0.3) is 22.3 Å². The first-order valence-corrected chi connectivity index (χ1v) is 9.79. The van der Waals surface area contributed by atoms with E-state index in [4.69, 9.17) is 13.9 Å². The topological polar surface area (TPSA) is 231 Å². The minimum absolute atomic E-state index is 0.0755. The van der Waals surface area contributed by atoms with Crippen molar-refractivity contribution in [2.45, 2.75) is 30.7 Å². The summed E-state index contributed by atoms with van der Waals surface area (Å²) >= 11 is 0. The summed E-state index contributed by atoms with van der Waals surface area (Å²) in [4.78, 5) is 12.8. The van der Waals surface area contributed by atoms with E-state index in [1.807, 2.05) is 0 Å². The van der Waals surface area contributed by atoms with Crippen LogP contribution in [-0.2, 0) is 4.74 Å². The summed E-state index contributed by atoms with van der Waals surface area (Å²) in [5.74, 6) is -4.84. The normalized spacial score (nSPS) is 24.9. The van der Waals surface area contributed by atoms with Crippen molar-refractivity contribution in [2.24, 2.45) is 0 Å². The van der Waals surface area contributed by atoms with E-state index in [2.05, 4.69) is 0 Å². The summed E-state index contributed by atoms with van der Waals surface area (Å²) in [7, 11) is 0. The van der Waals surface area contributed by atoms with E-state index < -0.39 is 94.0 Å². The van der Waals surface area contributed by atoms with Gasteiger partial charge in [0.05, 0.1) is 6.61 Å². The van der Waals surface area contributed by atoms with Gasteiger partial charge in [-0.2, -0.15) is 0 Å². The lowest BCUT2D eigenvalue weighted by Crippen LogP contribution is -2.60. The average molecular weight is 480 g/mol. The van der Waals surface area contributed by atoms with Gasteiger partial charge in [0.15, 0.2) is 28.6 Å². The van der Waals surface area contributed by atoms with Crippen molar-refractivity contribution >= 4 is 11.0 Å². The monoisotopic (exact) mass is 480 g/mol. The van der Waals surface area contributed by atoms with Gasteiger partial charge in [0.1, 0.15) is 35.6 Å². The minimum Gasteiger partial charge on any atom is -0.507 e. The highest BCUT2D eigenvalue weighted by molar-refractivity contribution is 5.93. The van der Waals surface area contributed by atoms with Gasteiger partial charge >= 0.3 is 0 Å². The fraction of sp³-hybridized carbons (Fsp3) is 0.286. The van der Waals surface area contributed by atoms with E-state index in [9.17, 15) is 50.8 Å². The lowest BCUT2D eigenvalue weighted by Gasteiger charge is -2.39. The van der Waals surface area contributed by atoms with Crippen molar-refractivity contribution in [1.29, 1.82) is 0 Å². The summed E-state index contributed by atoms with van der Waals surface area (Å²) in [6, 6.07) is 3.92. The molecule has 13 heteroatoms. The number of benzene rings is 2. The Morgan fingerprint density at radius 1 is 0.853 bits per heavy atom. The van der Waals surface area contributed by atoms with Crippen LogP contribution >= 0.6 is 0 Å². The molecule has 9 N–H and O–H groups in total. The summed E-state index contributed by atoms with van der Waals surface area (Å²) in [6.07, 6.45) is -8.50. The van der Waals surface area contributed by atoms with Crippen LogP contribution < -0.4 is 10.2 Å². The molecule has 1 aliphatic rings. The maximum atomic E-state index is 12.8. The second-order valence-corrected chi connectivity index (χ2v) is 7.58. The van der Waals surface area contributed by atoms with Gasteiger partial charge < -0.3 is 59.8 Å². The van der Waals surface area contributed by atoms with Gasteiger partial charge in [-0.3, -0.25) is 4.79 Å². The highest BCUT2D eigenvalue weighted by Crippen LogP contribution is 2.44. The molecule has 1 fully saturated rings. The third kappa shape index (κ3) is 3.70. The van der Waals surface area contributed by atoms with Gasteiger partial charge in [-0.25, -0.2) is 0 Å². The van der Waals surface area contributed by atoms with Crippen molar-refractivity contribution in [2.75, 3.05) is 6.61 Å². The highest BCUT2D eigenvalue weighted by atomic mass is 16.7. The molecule has 0 unspecified atom stereocenters. The fourth-order valence-electron chi connectivity index (χ4n) is 3.56. The third-order valence-electron chi connectivity index (χ3n) is 5.38. The minimum atomic E-state index is -1.88. The Bertz CT molecular complexity index is 1300. The van der Waals surface area contributed by atoms with Crippen molar-refractivity contribution in [3.8, 4) is 45.8 Å². The van der Waals surface area contributed by atoms with Crippen molar-refractivity contribution < 1.29 is 59.8 Å². The van der Waals surface area contributed by atoms with Gasteiger partial charge in [0.25, 0.3) is 0 Å². The van der Waals surface area contributed by atoms with Gasteiger partial charge in [-0.1, -0.05) is 0 Å². The Hall–Kier alpha value is -3.75. The van der Waals surface area contributed by atoms with Gasteiger partial charge in [-0.15, -0.1) is 0 Å². The third-order valence-corrected chi connectivity index (χ3v) is 5.38. The van der Waals surface area contributed by atoms with Crippen LogP contribution in [0.3, 0.4) is 0 Å². The number of phenols is 4. The zero-order valence-corrected chi connectivity index (χ0v) is 17.1. The van der Waals surface area contributed by atoms with E-state index in [-0.39, 0.29) is 5.56 Å². The Labute approximate surface area is 189 Å². The van der Waals surface area contributed by atoms with Crippen LogP contribution in [0.4, 0.5) is 0 Å².